The molecule has 4 N–H and O–H groups in total. The molecule has 10 nitrogen and oxygen atoms in total. The van der Waals surface area contributed by atoms with Gasteiger partial charge in [-0.05, 0) is 42.2 Å². The second kappa shape index (κ2) is 12.0. The number of ether oxygens (including phenoxy) is 2. The lowest BCUT2D eigenvalue weighted by Crippen LogP contribution is -2.52. The highest BCUT2D eigenvalue weighted by molar-refractivity contribution is 6.01. The number of hydrogen-bond donors (Lipinski definition) is 4. The summed E-state index contributed by atoms with van der Waals surface area (Å²) >= 11 is 0. The smallest absolute Gasteiger partial charge is 0.307 e. The third kappa shape index (κ3) is 6.39. The number of anilines is 1. The Labute approximate surface area is 226 Å². The first kappa shape index (κ1) is 27.7. The summed E-state index contributed by atoms with van der Waals surface area (Å²) in [4.78, 5) is 54.7. The lowest BCUT2D eigenvalue weighted by atomic mass is 9.83. The van der Waals surface area contributed by atoms with Crippen LogP contribution in [0.5, 0.6) is 5.75 Å². The molecule has 206 valence electrons. The van der Waals surface area contributed by atoms with Crippen LogP contribution < -0.4 is 20.7 Å². The van der Waals surface area contributed by atoms with Crippen LogP contribution in [-0.2, 0) is 19.1 Å². The van der Waals surface area contributed by atoms with Gasteiger partial charge in [-0.15, -0.1) is 0 Å². The van der Waals surface area contributed by atoms with Gasteiger partial charge in [0.2, 0.25) is 11.8 Å². The lowest BCUT2D eigenvalue weighted by molar-refractivity contribution is -0.141. The molecule has 10 heteroatoms. The molecule has 0 bridgehead atoms. The maximum atomic E-state index is 13.6. The van der Waals surface area contributed by atoms with Gasteiger partial charge in [0.15, 0.2) is 0 Å². The maximum Gasteiger partial charge on any atom is 0.307 e. The molecule has 0 saturated carbocycles. The van der Waals surface area contributed by atoms with Crippen LogP contribution in [-0.4, -0.2) is 55.0 Å². The summed E-state index contributed by atoms with van der Waals surface area (Å²) in [5.41, 5.74) is 2.49. The minimum absolute atomic E-state index is 0.0871. The molecule has 0 radical (unpaired) electrons. The Hall–Kier alpha value is -4.34. The van der Waals surface area contributed by atoms with Gasteiger partial charge in [-0.2, -0.15) is 0 Å². The number of esters is 1. The predicted octanol–water partition coefficient (Wildman–Crippen LogP) is 3.49. The van der Waals surface area contributed by atoms with E-state index in [0.717, 1.165) is 16.5 Å². The van der Waals surface area contributed by atoms with Gasteiger partial charge in [-0.25, -0.2) is 0 Å². The molecule has 0 aliphatic carbocycles. The number of hydrogen-bond acceptors (Lipinski definition) is 6. The number of benzene rings is 2. The SMILES string of the molecule is COC(=O)CC(NC(=O)[C@H](CC(C)C)NC(=O)c1cc2c(OC)cccc2[nH]1)C1CC(=O)Nc2ccccc21. The van der Waals surface area contributed by atoms with Gasteiger partial charge in [0.05, 0.1) is 20.6 Å². The van der Waals surface area contributed by atoms with Gasteiger partial charge in [0, 0.05) is 35.0 Å². The van der Waals surface area contributed by atoms with Crippen molar-refractivity contribution < 1.29 is 28.7 Å². The third-order valence-electron chi connectivity index (χ3n) is 6.88. The number of carbonyl (C=O) groups is 4. The van der Waals surface area contributed by atoms with E-state index in [1.54, 1.807) is 25.3 Å². The van der Waals surface area contributed by atoms with Crippen LogP contribution in [0.1, 0.15) is 55.1 Å². The topological polar surface area (TPSA) is 139 Å². The fraction of sp³-hybridized carbons (Fsp3) is 0.379. The van der Waals surface area contributed by atoms with Crippen molar-refractivity contribution in [2.75, 3.05) is 19.5 Å². The fourth-order valence-corrected chi connectivity index (χ4v) is 5.01. The van der Waals surface area contributed by atoms with Crippen LogP contribution in [0.4, 0.5) is 5.69 Å². The van der Waals surface area contributed by atoms with Gasteiger partial charge in [-0.1, -0.05) is 38.1 Å². The highest BCUT2D eigenvalue weighted by atomic mass is 16.5. The van der Waals surface area contributed by atoms with Crippen LogP contribution in [0.3, 0.4) is 0 Å². The van der Waals surface area contributed by atoms with Crippen molar-refractivity contribution in [2.24, 2.45) is 5.92 Å². The van der Waals surface area contributed by atoms with E-state index in [0.29, 0.717) is 23.6 Å². The van der Waals surface area contributed by atoms with Crippen molar-refractivity contribution >= 4 is 40.3 Å². The number of para-hydroxylation sites is 1. The number of amides is 3. The molecular weight excluding hydrogens is 500 g/mol. The minimum atomic E-state index is -0.876. The Kier molecular flexibility index (Phi) is 8.53. The summed E-state index contributed by atoms with van der Waals surface area (Å²) in [7, 11) is 2.84. The average Bonchev–Trinajstić information content (AvgIpc) is 3.36. The highest BCUT2D eigenvalue weighted by Crippen LogP contribution is 2.35. The maximum absolute atomic E-state index is 13.6. The summed E-state index contributed by atoms with van der Waals surface area (Å²) in [5, 5.41) is 9.40. The summed E-state index contributed by atoms with van der Waals surface area (Å²) in [6.07, 6.45) is 0.337. The Morgan fingerprint density at radius 2 is 1.82 bits per heavy atom. The van der Waals surface area contributed by atoms with Gasteiger partial charge >= 0.3 is 5.97 Å². The summed E-state index contributed by atoms with van der Waals surface area (Å²) < 4.78 is 10.3. The molecule has 2 aromatic carbocycles. The van der Waals surface area contributed by atoms with Crippen molar-refractivity contribution in [3.8, 4) is 5.75 Å². The normalized spacial score (nSPS) is 16.1. The molecule has 1 aliphatic rings. The van der Waals surface area contributed by atoms with Crippen molar-refractivity contribution in [2.45, 2.75) is 51.1 Å². The van der Waals surface area contributed by atoms with Crippen LogP contribution >= 0.6 is 0 Å². The standard InChI is InChI=1S/C29H34N4O6/c1-16(2)12-23(33-29(37)24-13-19-21(30-24)10-7-11-25(19)38-3)28(36)32-22(15-27(35)39-4)18-14-26(34)31-20-9-6-5-8-17(18)20/h5-11,13,16,18,22-23,30H,12,14-15H2,1-4H3,(H,31,34)(H,32,36)(H,33,37)/t18?,22?,23-/m0/s1. The number of H-pyrrole nitrogens is 1. The number of rotatable bonds is 10. The van der Waals surface area contributed by atoms with Gasteiger partial charge < -0.3 is 30.4 Å². The van der Waals surface area contributed by atoms with E-state index in [9.17, 15) is 19.2 Å². The van der Waals surface area contributed by atoms with E-state index in [4.69, 9.17) is 9.47 Å². The van der Waals surface area contributed by atoms with E-state index in [2.05, 4.69) is 20.9 Å². The van der Waals surface area contributed by atoms with Crippen LogP contribution in [0.25, 0.3) is 10.9 Å². The van der Waals surface area contributed by atoms with Crippen molar-refractivity contribution in [1.82, 2.24) is 15.6 Å². The van der Waals surface area contributed by atoms with E-state index in [1.807, 2.05) is 44.2 Å². The van der Waals surface area contributed by atoms with E-state index >= 15 is 0 Å². The molecule has 2 heterocycles. The fourth-order valence-electron chi connectivity index (χ4n) is 5.01. The second-order valence-corrected chi connectivity index (χ2v) is 10.1. The van der Waals surface area contributed by atoms with Crippen molar-refractivity contribution in [3.05, 3.63) is 59.8 Å². The van der Waals surface area contributed by atoms with Crippen LogP contribution in [0.15, 0.2) is 48.5 Å². The zero-order valence-corrected chi connectivity index (χ0v) is 22.5. The third-order valence-corrected chi connectivity index (χ3v) is 6.88. The molecule has 0 fully saturated rings. The molecule has 0 spiro atoms. The molecule has 3 atom stereocenters. The van der Waals surface area contributed by atoms with E-state index < -0.39 is 35.8 Å². The number of methoxy groups -OCH3 is 2. The second-order valence-electron chi connectivity index (χ2n) is 10.1. The monoisotopic (exact) mass is 534 g/mol. The average molecular weight is 535 g/mol. The molecule has 3 aromatic rings. The number of fused-ring (bicyclic) bond motifs is 2. The van der Waals surface area contributed by atoms with Crippen molar-refractivity contribution in [3.63, 3.8) is 0 Å². The number of nitrogens with one attached hydrogen (secondary N) is 4. The minimum Gasteiger partial charge on any atom is -0.496 e. The highest BCUT2D eigenvalue weighted by Gasteiger charge is 2.35. The molecule has 1 aliphatic heterocycles. The number of carbonyl (C=O) groups excluding carboxylic acids is 4. The van der Waals surface area contributed by atoms with E-state index in [-0.39, 0.29) is 24.7 Å². The molecule has 0 saturated heterocycles. The Bertz CT molecular complexity index is 1380. The van der Waals surface area contributed by atoms with Gasteiger partial charge in [0.25, 0.3) is 5.91 Å². The largest absolute Gasteiger partial charge is 0.496 e. The first-order valence-corrected chi connectivity index (χ1v) is 12.9. The van der Waals surface area contributed by atoms with E-state index in [1.165, 1.54) is 7.11 Å². The molecule has 39 heavy (non-hydrogen) atoms. The summed E-state index contributed by atoms with van der Waals surface area (Å²) in [6, 6.07) is 12.9. The Morgan fingerprint density at radius 3 is 2.54 bits per heavy atom. The molecule has 4 rings (SSSR count). The first-order valence-electron chi connectivity index (χ1n) is 12.9. The Morgan fingerprint density at radius 1 is 1.05 bits per heavy atom. The lowest BCUT2D eigenvalue weighted by Gasteiger charge is -2.33. The first-order chi connectivity index (χ1) is 18.7. The molecule has 1 aromatic heterocycles. The summed E-state index contributed by atoms with van der Waals surface area (Å²) in [6.45, 7) is 3.90. The predicted molar refractivity (Wildman–Crippen MR) is 147 cm³/mol. The van der Waals surface area contributed by atoms with Crippen LogP contribution in [0, 0.1) is 5.92 Å². The number of aromatic amines is 1. The van der Waals surface area contributed by atoms with Gasteiger partial charge in [0.1, 0.15) is 17.5 Å². The zero-order valence-electron chi connectivity index (χ0n) is 22.5. The van der Waals surface area contributed by atoms with Crippen LogP contribution in [0.2, 0.25) is 0 Å². The summed E-state index contributed by atoms with van der Waals surface area (Å²) in [5.74, 6) is -1.34. The Balaban J connectivity index is 1.58. The quantitative estimate of drug-likeness (QED) is 0.294. The van der Waals surface area contributed by atoms with Gasteiger partial charge in [-0.3, -0.25) is 19.2 Å². The zero-order chi connectivity index (χ0) is 28.1. The number of aromatic nitrogens is 1. The molecular formula is C29H34N4O6. The van der Waals surface area contributed by atoms with Crippen molar-refractivity contribution in [1.29, 1.82) is 0 Å². The molecule has 3 amide bonds. The molecule has 2 unspecified atom stereocenters.